The molecule has 0 fully saturated rings. The van der Waals surface area contributed by atoms with Gasteiger partial charge in [-0.1, -0.05) is 189 Å². The fraction of sp³-hybridized carbons (Fsp3) is 0.709. The Morgan fingerprint density at radius 3 is 1.23 bits per heavy atom. The second-order valence-corrected chi connectivity index (χ2v) is 16.3. The summed E-state index contributed by atoms with van der Waals surface area (Å²) in [5, 5.41) is 0. The fourth-order valence-corrected chi connectivity index (χ4v) is 6.71. The van der Waals surface area contributed by atoms with E-state index in [0.29, 0.717) is 19.4 Å². The van der Waals surface area contributed by atoms with Crippen molar-refractivity contribution in [3.8, 4) is 0 Å². The van der Waals surface area contributed by atoms with Gasteiger partial charge in [0.2, 0.25) is 0 Å². The maximum atomic E-state index is 12.8. The van der Waals surface area contributed by atoms with Crippen molar-refractivity contribution in [2.75, 3.05) is 19.8 Å². The van der Waals surface area contributed by atoms with Crippen molar-refractivity contribution in [3.05, 3.63) is 85.1 Å². The summed E-state index contributed by atoms with van der Waals surface area (Å²) >= 11 is 0. The molecule has 0 amide bonds. The van der Waals surface area contributed by atoms with E-state index in [1.807, 2.05) is 0 Å². The minimum Gasteiger partial charge on any atom is -0.462 e. The van der Waals surface area contributed by atoms with Gasteiger partial charge in [0.05, 0.1) is 6.61 Å². The maximum Gasteiger partial charge on any atom is 0.306 e. The van der Waals surface area contributed by atoms with Crippen LogP contribution in [0.2, 0.25) is 0 Å². The number of ether oxygens (including phenoxy) is 3. The van der Waals surface area contributed by atoms with E-state index in [9.17, 15) is 9.59 Å². The van der Waals surface area contributed by atoms with Crippen molar-refractivity contribution < 1.29 is 23.8 Å². The Hall–Kier alpha value is -2.92. The highest BCUT2D eigenvalue weighted by Crippen LogP contribution is 2.13. The molecule has 5 nitrogen and oxygen atoms in total. The Balaban J connectivity index is 4.33. The molecule has 344 valence electrons. The Morgan fingerprint density at radius 1 is 0.383 bits per heavy atom. The lowest BCUT2D eigenvalue weighted by Gasteiger charge is -2.18. The number of rotatable bonds is 45. The first-order valence-electron chi connectivity index (χ1n) is 25.1. The van der Waals surface area contributed by atoms with Crippen molar-refractivity contribution >= 4 is 11.9 Å². The number of hydrogen-bond acceptors (Lipinski definition) is 5. The lowest BCUT2D eigenvalue weighted by Crippen LogP contribution is -2.30. The van der Waals surface area contributed by atoms with Crippen LogP contribution in [0.25, 0.3) is 0 Å². The molecule has 0 saturated heterocycles. The molecule has 0 spiro atoms. The second kappa shape index (κ2) is 50.4. The number of unbranched alkanes of at least 4 members (excludes halogenated alkanes) is 20. The number of hydrogen-bond donors (Lipinski definition) is 0. The van der Waals surface area contributed by atoms with E-state index in [0.717, 1.165) is 103 Å². The standard InChI is InChI=1S/C55H94O5/c1-4-7-10-13-16-19-22-25-27-28-29-31-33-36-39-42-45-48-54(56)59-52-53(51-58-50-47-44-41-38-35-32-26-23-20-17-14-11-8-5-2)60-55(57)49-46-43-40-37-34-30-24-21-18-15-12-9-6-3/h8-9,11-12,17-18,20-21,25-27,30,32,34,53H,4-7,10,13-16,19,22-24,28-29,31,33,35-52H2,1-3H3/b11-8-,12-9-,20-17-,21-18-,27-25-,32-26-,34-30-. The quantitative estimate of drug-likeness (QED) is 0.0347. The minimum atomic E-state index is -0.567. The van der Waals surface area contributed by atoms with Crippen LogP contribution in [0.15, 0.2) is 85.1 Å². The van der Waals surface area contributed by atoms with Crippen LogP contribution < -0.4 is 0 Å². The highest BCUT2D eigenvalue weighted by Gasteiger charge is 2.17. The van der Waals surface area contributed by atoms with Gasteiger partial charge in [0, 0.05) is 19.4 Å². The first-order chi connectivity index (χ1) is 29.6. The summed E-state index contributed by atoms with van der Waals surface area (Å²) in [6.07, 6.45) is 65.9. The Kier molecular flexibility index (Phi) is 48.0. The van der Waals surface area contributed by atoms with E-state index in [-0.39, 0.29) is 25.2 Å². The average Bonchev–Trinajstić information content (AvgIpc) is 3.25. The average molecular weight is 835 g/mol. The van der Waals surface area contributed by atoms with Crippen molar-refractivity contribution in [3.63, 3.8) is 0 Å². The predicted molar refractivity (Wildman–Crippen MR) is 260 cm³/mol. The smallest absolute Gasteiger partial charge is 0.306 e. The van der Waals surface area contributed by atoms with Gasteiger partial charge in [-0.2, -0.15) is 0 Å². The topological polar surface area (TPSA) is 61.8 Å². The summed E-state index contributed by atoms with van der Waals surface area (Å²) in [6, 6.07) is 0. The zero-order valence-corrected chi connectivity index (χ0v) is 39.5. The molecule has 60 heavy (non-hydrogen) atoms. The van der Waals surface area contributed by atoms with Gasteiger partial charge < -0.3 is 14.2 Å². The molecule has 0 aliphatic carbocycles. The van der Waals surface area contributed by atoms with Gasteiger partial charge in [0.1, 0.15) is 6.61 Å². The lowest BCUT2D eigenvalue weighted by molar-refractivity contribution is -0.163. The van der Waals surface area contributed by atoms with E-state index in [1.54, 1.807) is 0 Å². The van der Waals surface area contributed by atoms with Gasteiger partial charge in [0.15, 0.2) is 6.10 Å². The van der Waals surface area contributed by atoms with Crippen LogP contribution in [-0.2, 0) is 23.8 Å². The van der Waals surface area contributed by atoms with Crippen LogP contribution in [0, 0.1) is 0 Å². The Morgan fingerprint density at radius 2 is 0.750 bits per heavy atom. The molecular weight excluding hydrogens is 741 g/mol. The molecule has 0 saturated carbocycles. The molecule has 0 aromatic heterocycles. The van der Waals surface area contributed by atoms with E-state index >= 15 is 0 Å². The van der Waals surface area contributed by atoms with Gasteiger partial charge in [0.25, 0.3) is 0 Å². The van der Waals surface area contributed by atoms with Crippen molar-refractivity contribution in [1.29, 1.82) is 0 Å². The third-order valence-corrected chi connectivity index (χ3v) is 10.4. The molecule has 5 heteroatoms. The summed E-state index contributed by atoms with van der Waals surface area (Å²) in [4.78, 5) is 25.4. The van der Waals surface area contributed by atoms with E-state index < -0.39 is 6.10 Å². The monoisotopic (exact) mass is 835 g/mol. The zero-order chi connectivity index (χ0) is 43.5. The van der Waals surface area contributed by atoms with Gasteiger partial charge in [-0.15, -0.1) is 0 Å². The van der Waals surface area contributed by atoms with Crippen molar-refractivity contribution in [1.82, 2.24) is 0 Å². The SMILES string of the molecule is CC/C=C\C/C=C\C/C=C\CCCCCCOCC(COC(=O)CCCCCCCCC/C=C\CCCCCCCC)OC(=O)CCCCC/C=C\C/C=C\C/C=C\CC. The Bertz CT molecular complexity index is 1130. The molecule has 0 aliphatic rings. The van der Waals surface area contributed by atoms with Gasteiger partial charge in [-0.25, -0.2) is 0 Å². The molecule has 0 rings (SSSR count). The lowest BCUT2D eigenvalue weighted by atomic mass is 10.1. The minimum absolute atomic E-state index is 0.0586. The molecule has 1 atom stereocenters. The summed E-state index contributed by atoms with van der Waals surface area (Å²) in [5.74, 6) is -0.451. The van der Waals surface area contributed by atoms with Crippen LogP contribution >= 0.6 is 0 Å². The molecule has 1 unspecified atom stereocenters. The predicted octanol–water partition coefficient (Wildman–Crippen LogP) is 16.9. The molecule has 0 aliphatic heterocycles. The van der Waals surface area contributed by atoms with Crippen LogP contribution in [-0.4, -0.2) is 37.9 Å². The maximum absolute atomic E-state index is 12.8. The number of carbonyl (C=O) groups excluding carboxylic acids is 2. The normalized spacial score (nSPS) is 12.9. The highest BCUT2D eigenvalue weighted by molar-refractivity contribution is 5.70. The van der Waals surface area contributed by atoms with Crippen LogP contribution in [0.3, 0.4) is 0 Å². The van der Waals surface area contributed by atoms with E-state index in [1.165, 1.54) is 89.9 Å². The number of allylic oxidation sites excluding steroid dienone is 14. The summed E-state index contributed by atoms with van der Waals surface area (Å²) in [5.41, 5.74) is 0. The fourth-order valence-electron chi connectivity index (χ4n) is 6.71. The summed E-state index contributed by atoms with van der Waals surface area (Å²) in [7, 11) is 0. The Labute approximate surface area is 371 Å². The summed E-state index contributed by atoms with van der Waals surface area (Å²) < 4.78 is 17.3. The molecule has 0 aromatic carbocycles. The van der Waals surface area contributed by atoms with Gasteiger partial charge in [-0.3, -0.25) is 9.59 Å². The molecule has 0 aromatic rings. The highest BCUT2D eigenvalue weighted by atomic mass is 16.6. The van der Waals surface area contributed by atoms with Crippen molar-refractivity contribution in [2.45, 2.75) is 232 Å². The molecule has 0 heterocycles. The van der Waals surface area contributed by atoms with Crippen LogP contribution in [0.4, 0.5) is 0 Å². The number of esters is 2. The van der Waals surface area contributed by atoms with E-state index in [4.69, 9.17) is 14.2 Å². The third kappa shape index (κ3) is 47.8. The van der Waals surface area contributed by atoms with Crippen molar-refractivity contribution in [2.24, 2.45) is 0 Å². The van der Waals surface area contributed by atoms with Gasteiger partial charge in [-0.05, 0) is 109 Å². The zero-order valence-electron chi connectivity index (χ0n) is 39.5. The third-order valence-electron chi connectivity index (χ3n) is 10.4. The summed E-state index contributed by atoms with van der Waals surface area (Å²) in [6.45, 7) is 7.51. The van der Waals surface area contributed by atoms with Crippen LogP contribution in [0.5, 0.6) is 0 Å². The van der Waals surface area contributed by atoms with Crippen LogP contribution in [0.1, 0.15) is 226 Å². The second-order valence-electron chi connectivity index (χ2n) is 16.3. The first kappa shape index (κ1) is 57.1. The first-order valence-corrected chi connectivity index (χ1v) is 25.1. The molecule has 0 N–H and O–H groups in total. The van der Waals surface area contributed by atoms with Gasteiger partial charge >= 0.3 is 11.9 Å². The van der Waals surface area contributed by atoms with E-state index in [2.05, 4.69) is 106 Å². The molecule has 0 bridgehead atoms. The largest absolute Gasteiger partial charge is 0.462 e. The molecular formula is C55H94O5. The number of carbonyl (C=O) groups is 2. The molecule has 0 radical (unpaired) electrons.